The highest BCUT2D eigenvalue weighted by Gasteiger charge is 2.07. The molecule has 5 nitrogen and oxygen atoms in total. The van der Waals surface area contributed by atoms with E-state index >= 15 is 0 Å². The van der Waals surface area contributed by atoms with Crippen LogP contribution in [-0.2, 0) is 20.2 Å². The van der Waals surface area contributed by atoms with Gasteiger partial charge < -0.3 is 14.6 Å². The molecule has 0 bridgehead atoms. The van der Waals surface area contributed by atoms with Crippen molar-refractivity contribution >= 4 is 5.91 Å². The van der Waals surface area contributed by atoms with E-state index in [2.05, 4.69) is 5.32 Å². The highest BCUT2D eigenvalue weighted by molar-refractivity contribution is 5.93. The van der Waals surface area contributed by atoms with Gasteiger partial charge in [0.05, 0.1) is 0 Å². The Labute approximate surface area is 156 Å². The number of ether oxygens (including phenoxy) is 1. The number of carbonyl (C=O) groups excluding carboxylic acids is 1. The summed E-state index contributed by atoms with van der Waals surface area (Å²) >= 11 is 0. The van der Waals surface area contributed by atoms with Crippen LogP contribution in [0.15, 0.2) is 71.7 Å². The van der Waals surface area contributed by atoms with Crippen LogP contribution in [0.25, 0.3) is 0 Å². The Morgan fingerprint density at radius 3 is 2.70 bits per heavy atom. The molecule has 1 aromatic heterocycles. The van der Waals surface area contributed by atoms with E-state index in [1.165, 1.54) is 16.7 Å². The van der Waals surface area contributed by atoms with Gasteiger partial charge in [-0.2, -0.15) is 0 Å². The minimum atomic E-state index is -0.328. The summed E-state index contributed by atoms with van der Waals surface area (Å²) < 4.78 is 20.7. The smallest absolute Gasteiger partial charge is 0.251 e. The zero-order chi connectivity index (χ0) is 19.2. The standard InChI is InChI=1S/C21H19FN2O3/c1-24-10-9-16(12-20(24)25)21(26)23-13-15-5-4-7-18(11-15)27-14-17-6-2-3-8-19(17)22/h2-12H,13-14H2,1H3,(H,23,26). The summed E-state index contributed by atoms with van der Waals surface area (Å²) in [6, 6.07) is 16.5. The molecule has 0 spiro atoms. The number of aryl methyl sites for hydroxylation is 1. The minimum Gasteiger partial charge on any atom is -0.489 e. The van der Waals surface area contributed by atoms with Crippen LogP contribution in [0.1, 0.15) is 21.5 Å². The van der Waals surface area contributed by atoms with E-state index in [1.807, 2.05) is 6.07 Å². The van der Waals surface area contributed by atoms with Gasteiger partial charge in [0.2, 0.25) is 0 Å². The van der Waals surface area contributed by atoms with Crippen LogP contribution in [-0.4, -0.2) is 10.5 Å². The molecule has 0 fully saturated rings. The number of nitrogens with zero attached hydrogens (tertiary/aromatic N) is 1. The maximum absolute atomic E-state index is 13.6. The molecule has 138 valence electrons. The van der Waals surface area contributed by atoms with E-state index in [1.54, 1.807) is 55.7 Å². The van der Waals surface area contributed by atoms with Crippen LogP contribution >= 0.6 is 0 Å². The molecular weight excluding hydrogens is 347 g/mol. The number of pyridine rings is 1. The molecular formula is C21H19FN2O3. The van der Waals surface area contributed by atoms with Crippen molar-refractivity contribution in [3.8, 4) is 5.75 Å². The summed E-state index contributed by atoms with van der Waals surface area (Å²) in [6.45, 7) is 0.404. The van der Waals surface area contributed by atoms with Crippen LogP contribution in [0.5, 0.6) is 5.75 Å². The molecule has 0 saturated heterocycles. The fraction of sp³-hybridized carbons (Fsp3) is 0.143. The van der Waals surface area contributed by atoms with Gasteiger partial charge in [-0.25, -0.2) is 4.39 Å². The average molecular weight is 366 g/mol. The number of rotatable bonds is 6. The lowest BCUT2D eigenvalue weighted by Gasteiger charge is -2.10. The van der Waals surface area contributed by atoms with Gasteiger partial charge in [-0.1, -0.05) is 30.3 Å². The molecule has 3 rings (SSSR count). The third-order valence-corrected chi connectivity index (χ3v) is 4.07. The van der Waals surface area contributed by atoms with Gasteiger partial charge in [0.1, 0.15) is 18.2 Å². The number of carbonyl (C=O) groups is 1. The molecule has 0 radical (unpaired) electrons. The second-order valence-corrected chi connectivity index (χ2v) is 6.07. The Balaban J connectivity index is 1.60. The lowest BCUT2D eigenvalue weighted by molar-refractivity contribution is 0.0950. The summed E-state index contributed by atoms with van der Waals surface area (Å²) in [6.07, 6.45) is 1.55. The van der Waals surface area contributed by atoms with Crippen molar-refractivity contribution in [1.29, 1.82) is 0 Å². The van der Waals surface area contributed by atoms with Crippen LogP contribution < -0.4 is 15.6 Å². The lowest BCUT2D eigenvalue weighted by atomic mass is 10.2. The minimum absolute atomic E-state index is 0.121. The van der Waals surface area contributed by atoms with E-state index in [-0.39, 0.29) is 30.4 Å². The second-order valence-electron chi connectivity index (χ2n) is 6.07. The topological polar surface area (TPSA) is 60.3 Å². The Kier molecular flexibility index (Phi) is 5.66. The third kappa shape index (κ3) is 4.82. The molecule has 0 aliphatic rings. The van der Waals surface area contributed by atoms with Crippen LogP contribution in [0.4, 0.5) is 4.39 Å². The van der Waals surface area contributed by atoms with Crippen molar-refractivity contribution in [3.05, 3.63) is 99.7 Å². The van der Waals surface area contributed by atoms with Gasteiger partial charge in [-0.05, 0) is 29.8 Å². The predicted molar refractivity (Wildman–Crippen MR) is 100 cm³/mol. The van der Waals surface area contributed by atoms with Crippen LogP contribution in [0, 0.1) is 5.82 Å². The van der Waals surface area contributed by atoms with E-state index in [0.717, 1.165) is 5.56 Å². The van der Waals surface area contributed by atoms with E-state index in [4.69, 9.17) is 4.74 Å². The summed E-state index contributed by atoms with van der Waals surface area (Å²) in [5.74, 6) is -0.0566. The molecule has 0 aliphatic heterocycles. The quantitative estimate of drug-likeness (QED) is 0.729. The van der Waals surface area contributed by atoms with Gasteiger partial charge in [-0.3, -0.25) is 9.59 Å². The zero-order valence-corrected chi connectivity index (χ0v) is 14.8. The van der Waals surface area contributed by atoms with Crippen molar-refractivity contribution in [1.82, 2.24) is 9.88 Å². The van der Waals surface area contributed by atoms with Crippen LogP contribution in [0.3, 0.4) is 0 Å². The fourth-order valence-electron chi connectivity index (χ4n) is 2.50. The first-order chi connectivity index (χ1) is 13.0. The van der Waals surface area contributed by atoms with Gasteiger partial charge >= 0.3 is 0 Å². The first-order valence-corrected chi connectivity index (χ1v) is 8.43. The summed E-state index contributed by atoms with van der Waals surface area (Å²) in [4.78, 5) is 23.8. The largest absolute Gasteiger partial charge is 0.489 e. The molecule has 1 heterocycles. The molecule has 0 saturated carbocycles. The number of halogens is 1. The number of nitrogens with one attached hydrogen (secondary N) is 1. The Morgan fingerprint density at radius 1 is 1.11 bits per heavy atom. The number of hydrogen-bond acceptors (Lipinski definition) is 3. The molecule has 3 aromatic rings. The van der Waals surface area contributed by atoms with Gasteiger partial charge in [-0.15, -0.1) is 0 Å². The summed E-state index contributed by atoms with van der Waals surface area (Å²) in [5, 5.41) is 2.77. The maximum atomic E-state index is 13.6. The van der Waals surface area contributed by atoms with Crippen molar-refractivity contribution in [2.75, 3.05) is 0 Å². The predicted octanol–water partition coefficient (Wildman–Crippen LogP) is 3.03. The molecule has 1 N–H and O–H groups in total. The van der Waals surface area contributed by atoms with Crippen molar-refractivity contribution in [3.63, 3.8) is 0 Å². The highest BCUT2D eigenvalue weighted by Crippen LogP contribution is 2.16. The Hall–Kier alpha value is -3.41. The zero-order valence-electron chi connectivity index (χ0n) is 14.8. The first kappa shape index (κ1) is 18.4. The molecule has 27 heavy (non-hydrogen) atoms. The highest BCUT2D eigenvalue weighted by atomic mass is 19.1. The second kappa shape index (κ2) is 8.31. The molecule has 0 unspecified atom stereocenters. The number of amides is 1. The van der Waals surface area contributed by atoms with Crippen molar-refractivity contribution < 1.29 is 13.9 Å². The number of benzene rings is 2. The molecule has 2 aromatic carbocycles. The molecule has 6 heteroatoms. The number of aromatic nitrogens is 1. The average Bonchev–Trinajstić information content (AvgIpc) is 2.68. The maximum Gasteiger partial charge on any atom is 0.251 e. The Bertz CT molecular complexity index is 1010. The third-order valence-electron chi connectivity index (χ3n) is 4.07. The Morgan fingerprint density at radius 2 is 1.93 bits per heavy atom. The monoisotopic (exact) mass is 366 g/mol. The van der Waals surface area contributed by atoms with Gasteiger partial charge in [0, 0.05) is 37.0 Å². The normalized spacial score (nSPS) is 10.4. The molecule has 0 atom stereocenters. The van der Waals surface area contributed by atoms with Crippen molar-refractivity contribution in [2.24, 2.45) is 7.05 Å². The SMILES string of the molecule is Cn1ccc(C(=O)NCc2cccc(OCc3ccccc3F)c2)cc1=O. The van der Waals surface area contributed by atoms with Crippen LogP contribution in [0.2, 0.25) is 0 Å². The molecule has 1 amide bonds. The van der Waals surface area contributed by atoms with Gasteiger partial charge in [0.15, 0.2) is 0 Å². The first-order valence-electron chi connectivity index (χ1n) is 8.43. The summed E-state index contributed by atoms with van der Waals surface area (Å²) in [7, 11) is 1.62. The molecule has 0 aliphatic carbocycles. The van der Waals surface area contributed by atoms with E-state index in [0.29, 0.717) is 16.9 Å². The lowest BCUT2D eigenvalue weighted by Crippen LogP contribution is -2.25. The summed E-state index contributed by atoms with van der Waals surface area (Å²) in [5.41, 5.74) is 1.37. The van der Waals surface area contributed by atoms with E-state index < -0.39 is 0 Å². The van der Waals surface area contributed by atoms with Crippen molar-refractivity contribution in [2.45, 2.75) is 13.2 Å². The number of hydrogen-bond donors (Lipinski definition) is 1. The fourth-order valence-corrected chi connectivity index (χ4v) is 2.50. The van der Waals surface area contributed by atoms with E-state index in [9.17, 15) is 14.0 Å². The van der Waals surface area contributed by atoms with Gasteiger partial charge in [0.25, 0.3) is 11.5 Å².